The second-order valence-electron chi connectivity index (χ2n) is 6.02. The fraction of sp³-hybridized carbons (Fsp3) is 0.176. The van der Waals surface area contributed by atoms with Crippen molar-refractivity contribution in [2.45, 2.75) is 19.5 Å². The Labute approximate surface area is 164 Å². The molecule has 0 saturated heterocycles. The number of nitrogens with one attached hydrogen (secondary N) is 1. The Morgan fingerprint density at radius 2 is 1.63 bits per heavy atom. The molecule has 8 nitrogen and oxygen atoms in total. The number of aromatic nitrogens is 4. The number of carbonyl (C=O) groups is 2. The topological polar surface area (TPSA) is 102 Å². The third kappa shape index (κ3) is 4.14. The highest BCUT2D eigenvalue weighted by Gasteiger charge is 2.26. The van der Waals surface area contributed by atoms with E-state index in [1.54, 1.807) is 0 Å². The highest BCUT2D eigenvalue weighted by atomic mass is 19.2. The minimum absolute atomic E-state index is 0.0286. The van der Waals surface area contributed by atoms with Crippen LogP contribution in [-0.2, 0) is 17.9 Å². The second kappa shape index (κ2) is 8.31. The molecule has 0 aliphatic carbocycles. The van der Waals surface area contributed by atoms with Crippen molar-refractivity contribution in [2.75, 3.05) is 5.32 Å². The van der Waals surface area contributed by atoms with Gasteiger partial charge < -0.3 is 10.4 Å². The van der Waals surface area contributed by atoms with E-state index in [9.17, 15) is 31.5 Å². The van der Waals surface area contributed by atoms with E-state index in [1.807, 2.05) is 0 Å². The molecule has 3 aromatic rings. The lowest BCUT2D eigenvalue weighted by atomic mass is 10.1. The Bertz CT molecular complexity index is 1100. The van der Waals surface area contributed by atoms with Crippen LogP contribution in [0.2, 0.25) is 0 Å². The summed E-state index contributed by atoms with van der Waals surface area (Å²) < 4.78 is 69.1. The van der Waals surface area contributed by atoms with Crippen molar-refractivity contribution in [1.82, 2.24) is 19.6 Å². The summed E-state index contributed by atoms with van der Waals surface area (Å²) in [7, 11) is 0. The number of carboxylic acid groups (broad SMARTS) is 1. The number of anilines is 1. The second-order valence-corrected chi connectivity index (χ2v) is 6.02. The quantitative estimate of drug-likeness (QED) is 0.342. The van der Waals surface area contributed by atoms with Gasteiger partial charge in [0.05, 0.1) is 30.5 Å². The van der Waals surface area contributed by atoms with E-state index in [4.69, 9.17) is 5.11 Å². The number of hydrogen-bond donors (Lipinski definition) is 2. The van der Waals surface area contributed by atoms with Gasteiger partial charge in [0.15, 0.2) is 23.3 Å². The molecule has 0 bridgehead atoms. The Balaban J connectivity index is 1.65. The number of rotatable bonds is 7. The van der Waals surface area contributed by atoms with Crippen molar-refractivity contribution in [3.8, 4) is 0 Å². The van der Waals surface area contributed by atoms with Gasteiger partial charge in [-0.05, 0) is 6.07 Å². The van der Waals surface area contributed by atoms with E-state index in [2.05, 4.69) is 15.5 Å². The van der Waals surface area contributed by atoms with E-state index < -0.39 is 53.1 Å². The van der Waals surface area contributed by atoms with Crippen LogP contribution >= 0.6 is 0 Å². The van der Waals surface area contributed by atoms with Gasteiger partial charge in [0.2, 0.25) is 11.7 Å². The SMILES string of the molecule is O=C(CCn1nccc1C(=O)O)Nc1cnn(Cc2c(F)c(F)c(F)c(F)c2F)c1. The molecule has 13 heteroatoms. The van der Waals surface area contributed by atoms with Gasteiger partial charge in [-0.25, -0.2) is 26.7 Å². The van der Waals surface area contributed by atoms with Crippen LogP contribution in [0, 0.1) is 29.1 Å². The maximum Gasteiger partial charge on any atom is 0.354 e. The molecular weight excluding hydrogens is 417 g/mol. The van der Waals surface area contributed by atoms with Crippen LogP contribution in [0.25, 0.3) is 0 Å². The summed E-state index contributed by atoms with van der Waals surface area (Å²) in [5.74, 6) is -12.1. The molecule has 1 amide bonds. The van der Waals surface area contributed by atoms with Crippen LogP contribution in [0.15, 0.2) is 24.7 Å². The molecular formula is C17H12F5N5O3. The number of benzene rings is 1. The highest BCUT2D eigenvalue weighted by molar-refractivity contribution is 5.90. The predicted octanol–water partition coefficient (Wildman–Crippen LogP) is 2.55. The first-order valence-electron chi connectivity index (χ1n) is 8.26. The normalized spacial score (nSPS) is 11.0. The molecule has 2 N–H and O–H groups in total. The molecule has 2 heterocycles. The van der Waals surface area contributed by atoms with Crippen molar-refractivity contribution in [1.29, 1.82) is 0 Å². The molecule has 30 heavy (non-hydrogen) atoms. The fourth-order valence-corrected chi connectivity index (χ4v) is 2.59. The van der Waals surface area contributed by atoms with Crippen LogP contribution in [0.1, 0.15) is 22.5 Å². The van der Waals surface area contributed by atoms with Gasteiger partial charge in [0.25, 0.3) is 0 Å². The van der Waals surface area contributed by atoms with Crippen molar-refractivity contribution >= 4 is 17.6 Å². The average molecular weight is 429 g/mol. The number of hydrogen-bond acceptors (Lipinski definition) is 4. The summed E-state index contributed by atoms with van der Waals surface area (Å²) in [5, 5.41) is 18.9. The molecule has 0 radical (unpaired) electrons. The summed E-state index contributed by atoms with van der Waals surface area (Å²) in [6.45, 7) is -0.796. The number of carboxylic acids is 1. The van der Waals surface area contributed by atoms with E-state index in [-0.39, 0.29) is 24.3 Å². The van der Waals surface area contributed by atoms with Crippen molar-refractivity contribution in [3.63, 3.8) is 0 Å². The molecule has 3 rings (SSSR count). The summed E-state index contributed by atoms with van der Waals surface area (Å²) >= 11 is 0. The van der Waals surface area contributed by atoms with Gasteiger partial charge in [0, 0.05) is 18.8 Å². The largest absolute Gasteiger partial charge is 0.477 e. The van der Waals surface area contributed by atoms with Crippen molar-refractivity contribution in [2.24, 2.45) is 0 Å². The molecule has 0 unspecified atom stereocenters. The molecule has 2 aromatic heterocycles. The molecule has 0 aliphatic rings. The Hall–Kier alpha value is -3.77. The summed E-state index contributed by atoms with van der Waals surface area (Å²) in [6, 6.07) is 1.27. The maximum atomic E-state index is 13.7. The molecule has 158 valence electrons. The van der Waals surface area contributed by atoms with E-state index in [0.29, 0.717) is 0 Å². The minimum Gasteiger partial charge on any atom is -0.477 e. The molecule has 0 saturated carbocycles. The lowest BCUT2D eigenvalue weighted by Gasteiger charge is -2.08. The zero-order valence-electron chi connectivity index (χ0n) is 14.9. The zero-order chi connectivity index (χ0) is 22.0. The number of aromatic carboxylic acids is 1. The lowest BCUT2D eigenvalue weighted by Crippen LogP contribution is -2.17. The van der Waals surface area contributed by atoms with Gasteiger partial charge in [-0.3, -0.25) is 14.2 Å². The van der Waals surface area contributed by atoms with Crippen LogP contribution in [0.3, 0.4) is 0 Å². The Kier molecular flexibility index (Phi) is 5.80. The van der Waals surface area contributed by atoms with Gasteiger partial charge in [-0.15, -0.1) is 0 Å². The van der Waals surface area contributed by atoms with Crippen LogP contribution in [-0.4, -0.2) is 36.5 Å². The first-order chi connectivity index (χ1) is 14.2. The standard InChI is InChI=1S/C17H12F5N5O3/c18-12-9(13(19)15(21)16(22)14(12)20)7-26-6-8(5-24-26)25-11(28)2-4-27-10(17(29)30)1-3-23-27/h1,3,5-6H,2,4,7H2,(H,25,28)(H,29,30). The number of nitrogens with zero attached hydrogens (tertiary/aromatic N) is 4. The van der Waals surface area contributed by atoms with Crippen LogP contribution < -0.4 is 5.32 Å². The molecule has 0 aliphatic heterocycles. The van der Waals surface area contributed by atoms with E-state index in [1.165, 1.54) is 12.3 Å². The fourth-order valence-electron chi connectivity index (χ4n) is 2.59. The van der Waals surface area contributed by atoms with E-state index >= 15 is 0 Å². The Morgan fingerprint density at radius 1 is 1.00 bits per heavy atom. The Morgan fingerprint density at radius 3 is 2.27 bits per heavy atom. The van der Waals surface area contributed by atoms with Crippen molar-refractivity contribution in [3.05, 3.63) is 65.0 Å². The molecule has 0 atom stereocenters. The zero-order valence-corrected chi connectivity index (χ0v) is 14.9. The molecule has 0 spiro atoms. The first-order valence-corrected chi connectivity index (χ1v) is 8.26. The highest BCUT2D eigenvalue weighted by Crippen LogP contribution is 2.24. The number of amides is 1. The lowest BCUT2D eigenvalue weighted by molar-refractivity contribution is -0.116. The van der Waals surface area contributed by atoms with Gasteiger partial charge in [-0.2, -0.15) is 10.2 Å². The smallest absolute Gasteiger partial charge is 0.354 e. The third-order valence-corrected chi connectivity index (χ3v) is 4.02. The summed E-state index contributed by atoms with van der Waals surface area (Å²) in [4.78, 5) is 23.0. The monoisotopic (exact) mass is 429 g/mol. The number of carbonyl (C=O) groups excluding carboxylic acids is 1. The average Bonchev–Trinajstić information content (AvgIpc) is 3.36. The summed E-state index contributed by atoms with van der Waals surface area (Å²) in [5.41, 5.74) is -1.08. The molecule has 1 aromatic carbocycles. The van der Waals surface area contributed by atoms with Crippen LogP contribution in [0.5, 0.6) is 0 Å². The maximum absolute atomic E-state index is 13.7. The molecule has 0 fully saturated rings. The first kappa shape index (κ1) is 21.0. The predicted molar refractivity (Wildman–Crippen MR) is 90.0 cm³/mol. The van der Waals surface area contributed by atoms with Gasteiger partial charge in [0.1, 0.15) is 5.69 Å². The van der Waals surface area contributed by atoms with Crippen LogP contribution in [0.4, 0.5) is 27.6 Å². The van der Waals surface area contributed by atoms with Gasteiger partial charge >= 0.3 is 5.97 Å². The number of halogens is 5. The third-order valence-electron chi connectivity index (χ3n) is 4.02. The van der Waals surface area contributed by atoms with Gasteiger partial charge in [-0.1, -0.05) is 0 Å². The number of aryl methyl sites for hydroxylation is 1. The van der Waals surface area contributed by atoms with Crippen molar-refractivity contribution < 1.29 is 36.6 Å². The summed E-state index contributed by atoms with van der Waals surface area (Å²) in [6.07, 6.45) is 3.36. The minimum atomic E-state index is -2.26. The van der Waals surface area contributed by atoms with E-state index in [0.717, 1.165) is 21.8 Å².